The molecular formula is C14H24N2O2. The van der Waals surface area contributed by atoms with Crippen LogP contribution < -0.4 is 5.73 Å². The molecule has 2 N–H and O–H groups in total. The van der Waals surface area contributed by atoms with Crippen molar-refractivity contribution in [3.8, 4) is 0 Å². The summed E-state index contributed by atoms with van der Waals surface area (Å²) >= 11 is 0. The molecule has 0 aliphatic carbocycles. The van der Waals surface area contributed by atoms with Gasteiger partial charge in [0.15, 0.2) is 0 Å². The number of nitrogens with two attached hydrogens (primary N) is 1. The van der Waals surface area contributed by atoms with Gasteiger partial charge in [0.1, 0.15) is 5.76 Å². The molecule has 0 amide bonds. The molecule has 18 heavy (non-hydrogen) atoms. The number of ether oxygens (including phenoxy) is 1. The first kappa shape index (κ1) is 13.6. The molecule has 2 rings (SSSR count). The molecule has 1 fully saturated rings. The summed E-state index contributed by atoms with van der Waals surface area (Å²) in [6.45, 7) is 7.59. The van der Waals surface area contributed by atoms with Crippen molar-refractivity contribution in [1.82, 2.24) is 4.90 Å². The van der Waals surface area contributed by atoms with E-state index >= 15 is 0 Å². The Morgan fingerprint density at radius 3 is 2.94 bits per heavy atom. The van der Waals surface area contributed by atoms with Crippen molar-refractivity contribution in [2.24, 2.45) is 5.73 Å². The van der Waals surface area contributed by atoms with E-state index in [1.807, 2.05) is 12.1 Å². The number of rotatable bonds is 5. The van der Waals surface area contributed by atoms with Crippen LogP contribution in [0.15, 0.2) is 22.8 Å². The minimum Gasteiger partial charge on any atom is -0.468 e. The van der Waals surface area contributed by atoms with Crippen LogP contribution in [0, 0.1) is 0 Å². The van der Waals surface area contributed by atoms with Gasteiger partial charge >= 0.3 is 0 Å². The number of hydrogen-bond donors (Lipinski definition) is 1. The van der Waals surface area contributed by atoms with Crippen LogP contribution in [-0.2, 0) is 11.3 Å². The maximum Gasteiger partial charge on any atom is 0.117 e. The lowest BCUT2D eigenvalue weighted by molar-refractivity contribution is -0.0667. The highest BCUT2D eigenvalue weighted by atomic mass is 16.5. The molecule has 4 nitrogen and oxygen atoms in total. The largest absolute Gasteiger partial charge is 0.468 e. The third-order valence-electron chi connectivity index (χ3n) is 4.00. The van der Waals surface area contributed by atoms with Crippen molar-refractivity contribution in [3.05, 3.63) is 24.2 Å². The highest BCUT2D eigenvalue weighted by Gasteiger charge is 2.39. The second kappa shape index (κ2) is 5.87. The van der Waals surface area contributed by atoms with E-state index in [4.69, 9.17) is 14.9 Å². The van der Waals surface area contributed by atoms with E-state index in [1.54, 1.807) is 6.26 Å². The van der Waals surface area contributed by atoms with E-state index < -0.39 is 0 Å². The summed E-state index contributed by atoms with van der Waals surface area (Å²) in [5.74, 6) is 1.00. The second-order valence-electron chi connectivity index (χ2n) is 5.16. The van der Waals surface area contributed by atoms with Gasteiger partial charge in [-0.1, -0.05) is 6.92 Å². The maximum atomic E-state index is 6.08. The molecule has 0 bridgehead atoms. The molecule has 1 aromatic rings. The van der Waals surface area contributed by atoms with Crippen LogP contribution in [0.1, 0.15) is 32.4 Å². The number of likely N-dealkylation sites (N-methyl/N-ethyl adjacent to an activating group) is 1. The summed E-state index contributed by atoms with van der Waals surface area (Å²) in [5, 5.41) is 0. The van der Waals surface area contributed by atoms with Gasteiger partial charge in [-0.25, -0.2) is 0 Å². The molecular weight excluding hydrogens is 228 g/mol. The summed E-state index contributed by atoms with van der Waals surface area (Å²) in [7, 11) is 0. The van der Waals surface area contributed by atoms with Gasteiger partial charge in [0.25, 0.3) is 0 Å². The fraction of sp³-hybridized carbons (Fsp3) is 0.714. The topological polar surface area (TPSA) is 51.6 Å². The molecule has 2 unspecified atom stereocenters. The molecule has 1 aliphatic rings. The van der Waals surface area contributed by atoms with Crippen LogP contribution in [0.3, 0.4) is 0 Å². The molecule has 0 saturated carbocycles. The summed E-state index contributed by atoms with van der Waals surface area (Å²) in [6.07, 6.45) is 4.01. The van der Waals surface area contributed by atoms with Gasteiger partial charge < -0.3 is 14.9 Å². The van der Waals surface area contributed by atoms with Crippen LogP contribution in [-0.4, -0.2) is 36.2 Å². The predicted octanol–water partition coefficient (Wildman–Crippen LogP) is 2.00. The molecule has 1 aromatic heterocycles. The Kier molecular flexibility index (Phi) is 4.43. The molecule has 0 spiro atoms. The highest BCUT2D eigenvalue weighted by molar-refractivity contribution is 5.02. The molecule has 2 heterocycles. The van der Waals surface area contributed by atoms with Gasteiger partial charge in [-0.3, -0.25) is 4.90 Å². The van der Waals surface area contributed by atoms with Gasteiger partial charge in [0.2, 0.25) is 0 Å². The molecule has 1 saturated heterocycles. The third-order valence-corrected chi connectivity index (χ3v) is 4.00. The minimum atomic E-state index is 0.0548. The van der Waals surface area contributed by atoms with Gasteiger partial charge in [0.05, 0.1) is 18.9 Å². The van der Waals surface area contributed by atoms with E-state index in [1.165, 1.54) is 0 Å². The smallest absolute Gasteiger partial charge is 0.117 e. The lowest BCUT2D eigenvalue weighted by Gasteiger charge is -2.47. The number of furan rings is 1. The lowest BCUT2D eigenvalue weighted by Crippen LogP contribution is -2.57. The maximum absolute atomic E-state index is 6.08. The van der Waals surface area contributed by atoms with Crippen molar-refractivity contribution < 1.29 is 9.15 Å². The first-order chi connectivity index (χ1) is 8.70. The van der Waals surface area contributed by atoms with E-state index in [-0.39, 0.29) is 11.6 Å². The SMILES string of the molecule is CCN(Cc1ccco1)C1(CN)CCOC(C)C1. The van der Waals surface area contributed by atoms with Crippen molar-refractivity contribution >= 4 is 0 Å². The Hall–Kier alpha value is -0.840. The Bertz CT molecular complexity index is 353. The van der Waals surface area contributed by atoms with Crippen molar-refractivity contribution in [2.45, 2.75) is 44.9 Å². The normalized spacial score (nSPS) is 28.8. The van der Waals surface area contributed by atoms with E-state index in [0.717, 1.165) is 38.3 Å². The fourth-order valence-electron chi connectivity index (χ4n) is 2.95. The van der Waals surface area contributed by atoms with Crippen molar-refractivity contribution in [2.75, 3.05) is 19.7 Å². The summed E-state index contributed by atoms with van der Waals surface area (Å²) in [5.41, 5.74) is 6.13. The van der Waals surface area contributed by atoms with Crippen LogP contribution in [0.25, 0.3) is 0 Å². The molecule has 2 atom stereocenters. The van der Waals surface area contributed by atoms with Gasteiger partial charge in [-0.05, 0) is 38.4 Å². The van der Waals surface area contributed by atoms with Crippen LogP contribution in [0.4, 0.5) is 0 Å². The first-order valence-electron chi connectivity index (χ1n) is 6.79. The van der Waals surface area contributed by atoms with Gasteiger partial charge in [0, 0.05) is 18.7 Å². The van der Waals surface area contributed by atoms with Crippen LogP contribution >= 0.6 is 0 Å². The highest BCUT2D eigenvalue weighted by Crippen LogP contribution is 2.31. The monoisotopic (exact) mass is 252 g/mol. The van der Waals surface area contributed by atoms with E-state index in [0.29, 0.717) is 6.54 Å². The Morgan fingerprint density at radius 2 is 2.39 bits per heavy atom. The number of nitrogens with zero attached hydrogens (tertiary/aromatic N) is 1. The third kappa shape index (κ3) is 2.76. The standard InChI is InChI=1S/C14H24N2O2/c1-3-16(10-13-5-4-7-18-13)14(11-15)6-8-17-12(2)9-14/h4-5,7,12H,3,6,8-11,15H2,1-2H3. The zero-order valence-corrected chi connectivity index (χ0v) is 11.4. The summed E-state index contributed by atoms with van der Waals surface area (Å²) in [6, 6.07) is 3.96. The Balaban J connectivity index is 2.12. The van der Waals surface area contributed by atoms with Gasteiger partial charge in [-0.15, -0.1) is 0 Å². The minimum absolute atomic E-state index is 0.0548. The quantitative estimate of drug-likeness (QED) is 0.871. The van der Waals surface area contributed by atoms with Gasteiger partial charge in [-0.2, -0.15) is 0 Å². The lowest BCUT2D eigenvalue weighted by atomic mass is 9.85. The Morgan fingerprint density at radius 1 is 1.56 bits per heavy atom. The zero-order valence-electron chi connectivity index (χ0n) is 11.4. The fourth-order valence-corrected chi connectivity index (χ4v) is 2.95. The first-order valence-corrected chi connectivity index (χ1v) is 6.79. The van der Waals surface area contributed by atoms with Crippen LogP contribution in [0.2, 0.25) is 0 Å². The summed E-state index contributed by atoms with van der Waals surface area (Å²) < 4.78 is 11.1. The average molecular weight is 252 g/mol. The average Bonchev–Trinajstić information content (AvgIpc) is 2.88. The number of hydrogen-bond acceptors (Lipinski definition) is 4. The van der Waals surface area contributed by atoms with E-state index in [9.17, 15) is 0 Å². The molecule has 4 heteroatoms. The van der Waals surface area contributed by atoms with Crippen molar-refractivity contribution in [1.29, 1.82) is 0 Å². The zero-order chi connectivity index (χ0) is 13.0. The van der Waals surface area contributed by atoms with E-state index in [2.05, 4.69) is 18.7 Å². The second-order valence-corrected chi connectivity index (χ2v) is 5.16. The molecule has 0 radical (unpaired) electrons. The molecule has 1 aliphatic heterocycles. The molecule has 0 aromatic carbocycles. The summed E-state index contributed by atoms with van der Waals surface area (Å²) in [4.78, 5) is 2.44. The van der Waals surface area contributed by atoms with Crippen LogP contribution in [0.5, 0.6) is 0 Å². The van der Waals surface area contributed by atoms with Crippen molar-refractivity contribution in [3.63, 3.8) is 0 Å². The Labute approximate surface area is 109 Å². The molecule has 102 valence electrons. The predicted molar refractivity (Wildman–Crippen MR) is 71.2 cm³/mol.